The molecular weight excluding hydrogens is 550 g/mol. The van der Waals surface area contributed by atoms with Crippen LogP contribution in [-0.4, -0.2) is 63.8 Å². The Kier molecular flexibility index (Phi) is 11.9. The van der Waals surface area contributed by atoms with E-state index >= 15 is 0 Å². The minimum atomic E-state index is -1.52. The largest absolute Gasteiger partial charge is 0.458 e. The molecule has 3 unspecified atom stereocenters. The van der Waals surface area contributed by atoms with Gasteiger partial charge in [0.2, 0.25) is 5.91 Å². The third kappa shape index (κ3) is 10.8. The van der Waals surface area contributed by atoms with Crippen molar-refractivity contribution < 1.29 is 33.8 Å². The SMILES string of the molecule is C#CN(C(=O)C(CO)NC(=O)OC(C)(C)C)C(C(=O)NC(Cc1ccccc1)C(=O)OC(C)(C)C)c1ccc(C)cc1C. The highest BCUT2D eigenvalue weighted by molar-refractivity contribution is 5.95. The van der Waals surface area contributed by atoms with E-state index in [4.69, 9.17) is 15.9 Å². The molecule has 0 bridgehead atoms. The first kappa shape index (κ1) is 34.8. The molecule has 0 aliphatic carbocycles. The number of carbonyl (C=O) groups excluding carboxylic acids is 4. The summed E-state index contributed by atoms with van der Waals surface area (Å²) in [6.07, 6.45) is 4.98. The number of nitrogens with one attached hydrogen (secondary N) is 2. The number of terminal acetylenes is 1. The normalized spacial score (nSPS) is 13.5. The van der Waals surface area contributed by atoms with Crippen LogP contribution in [0.4, 0.5) is 4.79 Å². The second-order valence-corrected chi connectivity index (χ2v) is 12.3. The van der Waals surface area contributed by atoms with Crippen molar-refractivity contribution >= 4 is 23.9 Å². The van der Waals surface area contributed by atoms with E-state index in [1.54, 1.807) is 60.6 Å². The molecular formula is C33H43N3O7. The van der Waals surface area contributed by atoms with Crippen LogP contribution in [0.5, 0.6) is 0 Å². The zero-order valence-corrected chi connectivity index (χ0v) is 26.2. The van der Waals surface area contributed by atoms with Crippen LogP contribution in [-0.2, 0) is 30.3 Å². The Morgan fingerprint density at radius 1 is 0.907 bits per heavy atom. The number of carbonyl (C=O) groups is 4. The Labute approximate surface area is 254 Å². The highest BCUT2D eigenvalue weighted by Crippen LogP contribution is 2.26. The van der Waals surface area contributed by atoms with Gasteiger partial charge in [-0.15, -0.1) is 0 Å². The predicted octanol–water partition coefficient (Wildman–Crippen LogP) is 3.72. The van der Waals surface area contributed by atoms with Gasteiger partial charge >= 0.3 is 12.1 Å². The topological polar surface area (TPSA) is 134 Å². The van der Waals surface area contributed by atoms with Crippen molar-refractivity contribution in [1.82, 2.24) is 15.5 Å². The lowest BCUT2D eigenvalue weighted by Gasteiger charge is -2.32. The summed E-state index contributed by atoms with van der Waals surface area (Å²) in [5.74, 6) is -2.34. The summed E-state index contributed by atoms with van der Waals surface area (Å²) < 4.78 is 10.8. The molecule has 0 radical (unpaired) electrons. The molecule has 0 aromatic heterocycles. The zero-order chi connectivity index (χ0) is 32.5. The van der Waals surface area contributed by atoms with E-state index in [0.29, 0.717) is 11.1 Å². The first-order valence-corrected chi connectivity index (χ1v) is 14.0. The summed E-state index contributed by atoms with van der Waals surface area (Å²) in [6, 6.07) is 12.5. The lowest BCUT2D eigenvalue weighted by molar-refractivity contribution is -0.159. The number of esters is 1. The van der Waals surface area contributed by atoms with Crippen molar-refractivity contribution in [3.63, 3.8) is 0 Å². The van der Waals surface area contributed by atoms with E-state index in [-0.39, 0.29) is 6.42 Å². The average molecular weight is 594 g/mol. The van der Waals surface area contributed by atoms with Crippen molar-refractivity contribution in [3.05, 3.63) is 70.8 Å². The lowest BCUT2D eigenvalue weighted by atomic mass is 9.96. The molecule has 3 atom stereocenters. The average Bonchev–Trinajstić information content (AvgIpc) is 2.88. The van der Waals surface area contributed by atoms with Gasteiger partial charge in [-0.1, -0.05) is 60.5 Å². The number of aliphatic hydroxyl groups excluding tert-OH is 1. The fourth-order valence-electron chi connectivity index (χ4n) is 4.27. The molecule has 0 aliphatic rings. The van der Waals surface area contributed by atoms with Crippen molar-refractivity contribution in [2.24, 2.45) is 0 Å². The van der Waals surface area contributed by atoms with Crippen LogP contribution >= 0.6 is 0 Å². The fourth-order valence-corrected chi connectivity index (χ4v) is 4.27. The maximum atomic E-state index is 14.1. The van der Waals surface area contributed by atoms with Gasteiger partial charge in [-0.2, -0.15) is 0 Å². The van der Waals surface area contributed by atoms with Gasteiger partial charge in [-0.3, -0.25) is 14.5 Å². The Balaban J connectivity index is 2.53. The van der Waals surface area contributed by atoms with Crippen molar-refractivity contribution in [3.8, 4) is 12.5 Å². The molecule has 3 amide bonds. The molecule has 3 N–H and O–H groups in total. The third-order valence-corrected chi connectivity index (χ3v) is 6.07. The maximum Gasteiger partial charge on any atom is 0.408 e. The molecule has 10 nitrogen and oxygen atoms in total. The molecule has 0 fully saturated rings. The first-order valence-electron chi connectivity index (χ1n) is 14.0. The van der Waals surface area contributed by atoms with E-state index in [1.165, 1.54) is 0 Å². The van der Waals surface area contributed by atoms with Crippen molar-refractivity contribution in [2.75, 3.05) is 6.61 Å². The van der Waals surface area contributed by atoms with E-state index in [2.05, 4.69) is 16.7 Å². The van der Waals surface area contributed by atoms with Crippen molar-refractivity contribution in [1.29, 1.82) is 0 Å². The summed E-state index contributed by atoms with van der Waals surface area (Å²) in [5, 5.41) is 15.1. The highest BCUT2D eigenvalue weighted by Gasteiger charge is 2.38. The van der Waals surface area contributed by atoms with Crippen LogP contribution in [0.2, 0.25) is 0 Å². The van der Waals surface area contributed by atoms with Crippen LogP contribution in [0.25, 0.3) is 0 Å². The number of aliphatic hydroxyl groups is 1. The Morgan fingerprint density at radius 3 is 2.02 bits per heavy atom. The quantitative estimate of drug-likeness (QED) is 0.217. The van der Waals surface area contributed by atoms with Gasteiger partial charge in [-0.05, 0) is 72.1 Å². The van der Waals surface area contributed by atoms with E-state index in [0.717, 1.165) is 16.0 Å². The number of hydrogen-bond donors (Lipinski definition) is 3. The fraction of sp³-hybridized carbons (Fsp3) is 0.455. The van der Waals surface area contributed by atoms with Crippen LogP contribution in [0.15, 0.2) is 48.5 Å². The van der Waals surface area contributed by atoms with Gasteiger partial charge in [0.25, 0.3) is 5.91 Å². The minimum Gasteiger partial charge on any atom is -0.458 e. The Morgan fingerprint density at radius 2 is 1.51 bits per heavy atom. The first-order chi connectivity index (χ1) is 20.0. The summed E-state index contributed by atoms with van der Waals surface area (Å²) in [7, 11) is 0. The molecule has 2 aromatic rings. The van der Waals surface area contributed by atoms with E-state index < -0.39 is 59.8 Å². The molecule has 10 heteroatoms. The number of rotatable bonds is 10. The summed E-state index contributed by atoms with van der Waals surface area (Å²) in [5.41, 5.74) is 1.04. The minimum absolute atomic E-state index is 0.116. The maximum absolute atomic E-state index is 14.1. The van der Waals surface area contributed by atoms with Gasteiger partial charge in [0.15, 0.2) is 0 Å². The van der Waals surface area contributed by atoms with Crippen LogP contribution in [0, 0.1) is 26.3 Å². The molecule has 0 spiro atoms. The summed E-state index contributed by atoms with van der Waals surface area (Å²) in [4.78, 5) is 54.3. The zero-order valence-electron chi connectivity index (χ0n) is 26.2. The molecule has 232 valence electrons. The van der Waals surface area contributed by atoms with Gasteiger partial charge in [0.1, 0.15) is 29.3 Å². The number of nitrogens with zero attached hydrogens (tertiary/aromatic N) is 1. The predicted molar refractivity (Wildman–Crippen MR) is 163 cm³/mol. The molecule has 0 saturated carbocycles. The van der Waals surface area contributed by atoms with Crippen LogP contribution in [0.1, 0.15) is 69.8 Å². The highest BCUT2D eigenvalue weighted by atomic mass is 16.6. The second-order valence-electron chi connectivity index (χ2n) is 12.3. The number of hydrogen-bond acceptors (Lipinski definition) is 7. The van der Waals surface area contributed by atoms with Crippen molar-refractivity contribution in [2.45, 2.75) is 91.1 Å². The molecule has 0 saturated heterocycles. The second kappa shape index (κ2) is 14.7. The molecule has 0 heterocycles. The number of aryl methyl sites for hydroxylation is 2. The Hall–Kier alpha value is -4.36. The number of alkyl carbamates (subject to hydrolysis) is 1. The lowest BCUT2D eigenvalue weighted by Crippen LogP contribution is -2.54. The summed E-state index contributed by atoms with van der Waals surface area (Å²) >= 11 is 0. The smallest absolute Gasteiger partial charge is 0.408 e. The monoisotopic (exact) mass is 593 g/mol. The van der Waals surface area contributed by atoms with E-state index in [9.17, 15) is 24.3 Å². The molecule has 43 heavy (non-hydrogen) atoms. The Bertz CT molecular complexity index is 1340. The van der Waals surface area contributed by atoms with Gasteiger partial charge in [0, 0.05) is 12.5 Å². The standard InChI is InChI=1S/C33H43N3O7/c1-10-36(29(39)26(20-37)35-31(41)43-33(7,8)9)27(24-17-16-21(2)18-22(24)3)28(38)34-25(30(40)42-32(4,5)6)19-23-14-12-11-13-15-23/h1,11-18,25-27,37H,19-20H2,2-9H3,(H,34,38)(H,35,41). The summed E-state index contributed by atoms with van der Waals surface area (Å²) in [6.45, 7) is 12.9. The van der Waals surface area contributed by atoms with Gasteiger partial charge in [0.05, 0.1) is 6.61 Å². The van der Waals surface area contributed by atoms with Crippen LogP contribution < -0.4 is 10.6 Å². The molecule has 0 aliphatic heterocycles. The number of amides is 3. The van der Waals surface area contributed by atoms with Gasteiger partial charge < -0.3 is 25.2 Å². The number of benzene rings is 2. The van der Waals surface area contributed by atoms with E-state index in [1.807, 2.05) is 43.3 Å². The van der Waals surface area contributed by atoms with Gasteiger partial charge in [-0.25, -0.2) is 9.59 Å². The third-order valence-electron chi connectivity index (χ3n) is 6.07. The molecule has 2 aromatic carbocycles. The van der Waals surface area contributed by atoms with Crippen LogP contribution in [0.3, 0.4) is 0 Å². The number of ether oxygens (including phenoxy) is 2. The molecule has 2 rings (SSSR count).